The van der Waals surface area contributed by atoms with Crippen molar-refractivity contribution in [3.8, 4) is 0 Å². The van der Waals surface area contributed by atoms with Gasteiger partial charge in [0.1, 0.15) is 11.0 Å². The molecular weight excluding hydrogens is 392 g/mol. The summed E-state index contributed by atoms with van der Waals surface area (Å²) in [4.78, 5) is 27.7. The molecule has 1 unspecified atom stereocenters. The predicted molar refractivity (Wildman–Crippen MR) is 111 cm³/mol. The van der Waals surface area contributed by atoms with E-state index in [1.165, 1.54) is 11.1 Å². The molecule has 29 heavy (non-hydrogen) atoms. The van der Waals surface area contributed by atoms with Gasteiger partial charge in [-0.15, -0.1) is 0 Å². The van der Waals surface area contributed by atoms with Crippen LogP contribution in [0.3, 0.4) is 0 Å². The van der Waals surface area contributed by atoms with Crippen LogP contribution in [0, 0.1) is 20.8 Å². The topological polar surface area (TPSA) is 106 Å². The van der Waals surface area contributed by atoms with Gasteiger partial charge in [-0.3, -0.25) is 9.78 Å². The molecule has 154 valence electrons. The maximum atomic E-state index is 12.5. The summed E-state index contributed by atoms with van der Waals surface area (Å²) in [7, 11) is 0. The van der Waals surface area contributed by atoms with Gasteiger partial charge in [-0.1, -0.05) is 11.6 Å². The van der Waals surface area contributed by atoms with E-state index >= 15 is 0 Å². The number of nitrogens with zero attached hydrogens (tertiary/aromatic N) is 4. The van der Waals surface area contributed by atoms with E-state index in [9.17, 15) is 4.79 Å². The molecule has 0 bridgehead atoms. The third-order valence-electron chi connectivity index (χ3n) is 5.84. The first kappa shape index (κ1) is 19.8. The lowest BCUT2D eigenvalue weighted by atomic mass is 10.00. The summed E-state index contributed by atoms with van der Waals surface area (Å²) >= 11 is 6.42. The van der Waals surface area contributed by atoms with Crippen LogP contribution in [-0.2, 0) is 16.1 Å². The minimum atomic E-state index is -0.0982. The smallest absolute Gasteiger partial charge is 0.223 e. The summed E-state index contributed by atoms with van der Waals surface area (Å²) in [6.07, 6.45) is 2.22. The zero-order valence-corrected chi connectivity index (χ0v) is 17.6. The number of nitrogen functional groups attached to an aromatic ring is 1. The van der Waals surface area contributed by atoms with Crippen LogP contribution in [0.25, 0.3) is 0 Å². The molecule has 0 spiro atoms. The molecule has 2 aromatic heterocycles. The highest BCUT2D eigenvalue weighted by Gasteiger charge is 2.35. The van der Waals surface area contributed by atoms with Crippen LogP contribution in [0.1, 0.15) is 40.3 Å². The van der Waals surface area contributed by atoms with Crippen LogP contribution in [0.2, 0.25) is 5.15 Å². The largest absolute Gasteiger partial charge is 0.377 e. The fraction of sp³-hybridized carbons (Fsp3) is 0.500. The zero-order chi connectivity index (χ0) is 20.7. The van der Waals surface area contributed by atoms with Crippen LogP contribution in [0.15, 0.2) is 6.20 Å². The molecule has 0 radical (unpaired) electrons. The summed E-state index contributed by atoms with van der Waals surface area (Å²) in [5, 5.41) is 3.31. The van der Waals surface area contributed by atoms with E-state index in [-0.39, 0.29) is 23.8 Å². The van der Waals surface area contributed by atoms with Crippen molar-refractivity contribution in [3.05, 3.63) is 39.3 Å². The Hall–Kier alpha value is -2.45. The number of pyridine rings is 1. The third kappa shape index (κ3) is 3.86. The Morgan fingerprint density at radius 2 is 2.07 bits per heavy atom. The number of aryl methyl sites for hydroxylation is 1. The third-order valence-corrected chi connectivity index (χ3v) is 6.13. The van der Waals surface area contributed by atoms with Crippen molar-refractivity contribution in [3.63, 3.8) is 0 Å². The van der Waals surface area contributed by atoms with Gasteiger partial charge in [0.25, 0.3) is 0 Å². The second kappa shape index (κ2) is 7.76. The molecule has 2 aromatic rings. The molecule has 1 fully saturated rings. The van der Waals surface area contributed by atoms with Gasteiger partial charge in [-0.25, -0.2) is 4.98 Å². The number of ether oxygens (including phenoxy) is 1. The maximum Gasteiger partial charge on any atom is 0.223 e. The molecule has 0 aliphatic carbocycles. The number of anilines is 2. The average molecular weight is 417 g/mol. The van der Waals surface area contributed by atoms with Gasteiger partial charge < -0.3 is 20.7 Å². The van der Waals surface area contributed by atoms with Crippen LogP contribution in [-0.4, -0.2) is 46.7 Å². The number of nitrogens with two attached hydrogens (primary N) is 1. The van der Waals surface area contributed by atoms with Crippen molar-refractivity contribution in [2.45, 2.75) is 45.7 Å². The van der Waals surface area contributed by atoms with E-state index in [4.69, 9.17) is 22.1 Å². The number of fused-ring (bicyclic) bond motifs is 1. The van der Waals surface area contributed by atoms with E-state index in [0.29, 0.717) is 43.7 Å². The Bertz CT molecular complexity index is 962. The highest BCUT2D eigenvalue weighted by Crippen LogP contribution is 2.41. The highest BCUT2D eigenvalue weighted by molar-refractivity contribution is 6.30. The Morgan fingerprint density at radius 1 is 1.31 bits per heavy atom. The highest BCUT2D eigenvalue weighted by atomic mass is 35.5. The van der Waals surface area contributed by atoms with Crippen molar-refractivity contribution in [2.24, 2.45) is 0 Å². The van der Waals surface area contributed by atoms with Gasteiger partial charge in [-0.2, -0.15) is 4.98 Å². The predicted octanol–water partition coefficient (Wildman–Crippen LogP) is 2.04. The fourth-order valence-corrected chi connectivity index (χ4v) is 4.19. The number of rotatable bonds is 5. The van der Waals surface area contributed by atoms with Crippen molar-refractivity contribution in [2.75, 3.05) is 30.4 Å². The lowest BCUT2D eigenvalue weighted by Crippen LogP contribution is -2.48. The van der Waals surface area contributed by atoms with Crippen molar-refractivity contribution in [1.82, 2.24) is 20.3 Å². The molecule has 2 aliphatic heterocycles. The minimum Gasteiger partial charge on any atom is -0.377 e. The van der Waals surface area contributed by atoms with Crippen molar-refractivity contribution < 1.29 is 9.53 Å². The molecule has 9 heteroatoms. The summed E-state index contributed by atoms with van der Waals surface area (Å²) in [6.45, 7) is 8.56. The van der Waals surface area contributed by atoms with Gasteiger partial charge in [0.2, 0.25) is 11.9 Å². The van der Waals surface area contributed by atoms with E-state index in [1.54, 1.807) is 0 Å². The number of carbonyl (C=O) groups is 1. The molecule has 1 amide bonds. The summed E-state index contributed by atoms with van der Waals surface area (Å²) in [5.74, 6) is 0.710. The van der Waals surface area contributed by atoms with Gasteiger partial charge in [0.05, 0.1) is 19.3 Å². The maximum absolute atomic E-state index is 12.5. The lowest BCUT2D eigenvalue weighted by Gasteiger charge is -2.27. The lowest BCUT2D eigenvalue weighted by molar-refractivity contribution is -0.125. The molecule has 4 heterocycles. The van der Waals surface area contributed by atoms with Crippen LogP contribution < -0.4 is 16.0 Å². The number of hydrogen-bond donors (Lipinski definition) is 2. The van der Waals surface area contributed by atoms with Crippen LogP contribution in [0.4, 0.5) is 11.8 Å². The molecule has 4 rings (SSSR count). The number of aromatic nitrogens is 3. The Labute approximate surface area is 174 Å². The standard InChI is InChI=1S/C20H25ClN6O2/c1-10-11(2)14(5-23-12(10)3)7-27-6-13(4-16(28)24-15-8-29-9-15)17-18(21)25-20(22)26-19(17)27/h5,13,15H,4,6-9H2,1-3H3,(H,24,28)(H2,22,25,26). The SMILES string of the molecule is Cc1ncc(CN2CC(CC(=O)NC3COC3)c3c(Cl)nc(N)nc32)c(C)c1C. The van der Waals surface area contributed by atoms with E-state index in [2.05, 4.69) is 39.0 Å². The van der Waals surface area contributed by atoms with Gasteiger partial charge >= 0.3 is 0 Å². The molecule has 0 aromatic carbocycles. The van der Waals surface area contributed by atoms with E-state index < -0.39 is 0 Å². The van der Waals surface area contributed by atoms with Crippen molar-refractivity contribution >= 4 is 29.3 Å². The molecule has 3 N–H and O–H groups in total. The molecule has 2 aliphatic rings. The van der Waals surface area contributed by atoms with Gasteiger partial charge in [0, 0.05) is 42.9 Å². The molecule has 1 saturated heterocycles. The van der Waals surface area contributed by atoms with E-state index in [0.717, 1.165) is 16.8 Å². The average Bonchev–Trinajstić information content (AvgIpc) is 2.96. The first-order valence-electron chi connectivity index (χ1n) is 9.70. The second-order valence-corrected chi connectivity index (χ2v) is 8.17. The van der Waals surface area contributed by atoms with E-state index in [1.807, 2.05) is 13.1 Å². The molecule has 1 atom stereocenters. The monoisotopic (exact) mass is 416 g/mol. The first-order valence-corrected chi connectivity index (χ1v) is 10.1. The summed E-state index contributed by atoms with van der Waals surface area (Å²) < 4.78 is 5.12. The first-order chi connectivity index (χ1) is 13.8. The number of amides is 1. The van der Waals surface area contributed by atoms with Gasteiger partial charge in [0.15, 0.2) is 0 Å². The number of nitrogens with one attached hydrogen (secondary N) is 1. The fourth-order valence-electron chi connectivity index (χ4n) is 3.86. The summed E-state index contributed by atoms with van der Waals surface area (Å²) in [6, 6.07) is 0.0990. The Kier molecular flexibility index (Phi) is 5.31. The molecule has 8 nitrogen and oxygen atoms in total. The number of hydrogen-bond acceptors (Lipinski definition) is 7. The molecular formula is C20H25ClN6O2. The minimum absolute atomic E-state index is 0.0204. The number of carbonyl (C=O) groups excluding carboxylic acids is 1. The Morgan fingerprint density at radius 3 is 2.76 bits per heavy atom. The Balaban J connectivity index is 1.59. The quantitative estimate of drug-likeness (QED) is 0.718. The normalized spacial score (nSPS) is 18.5. The molecule has 0 saturated carbocycles. The second-order valence-electron chi connectivity index (χ2n) is 7.81. The van der Waals surface area contributed by atoms with Gasteiger partial charge in [-0.05, 0) is 37.5 Å². The van der Waals surface area contributed by atoms with Crippen LogP contribution >= 0.6 is 11.6 Å². The number of halogens is 1. The van der Waals surface area contributed by atoms with Crippen LogP contribution in [0.5, 0.6) is 0 Å². The zero-order valence-electron chi connectivity index (χ0n) is 16.8. The van der Waals surface area contributed by atoms with Crippen molar-refractivity contribution in [1.29, 1.82) is 0 Å². The summed E-state index contributed by atoms with van der Waals surface area (Å²) in [5.41, 5.74) is 11.2.